The standard InChI is InChI=1S/C9H16O2/c1-3-9(2)5-4-6-11-8(10)7-9/h3-7H2,1-2H3/t9-/m0/s1. The van der Waals surface area contributed by atoms with Gasteiger partial charge in [0.2, 0.25) is 0 Å². The summed E-state index contributed by atoms with van der Waals surface area (Å²) in [5, 5.41) is 0. The molecule has 1 aliphatic heterocycles. The molecule has 1 rings (SSSR count). The third-order valence-electron chi connectivity index (χ3n) is 2.61. The van der Waals surface area contributed by atoms with E-state index < -0.39 is 0 Å². The zero-order valence-electron chi connectivity index (χ0n) is 7.35. The van der Waals surface area contributed by atoms with Crippen LogP contribution in [0.25, 0.3) is 0 Å². The summed E-state index contributed by atoms with van der Waals surface area (Å²) in [7, 11) is 0. The molecule has 2 heteroatoms. The van der Waals surface area contributed by atoms with E-state index in [-0.39, 0.29) is 11.4 Å². The van der Waals surface area contributed by atoms with Crippen LogP contribution in [-0.2, 0) is 9.53 Å². The van der Waals surface area contributed by atoms with E-state index in [9.17, 15) is 4.79 Å². The first-order valence-corrected chi connectivity index (χ1v) is 4.32. The van der Waals surface area contributed by atoms with Crippen molar-refractivity contribution in [2.24, 2.45) is 5.41 Å². The number of rotatable bonds is 1. The lowest BCUT2D eigenvalue weighted by Gasteiger charge is -2.23. The molecule has 1 atom stereocenters. The highest BCUT2D eigenvalue weighted by Gasteiger charge is 2.28. The second-order valence-corrected chi connectivity index (χ2v) is 3.67. The molecule has 0 unspecified atom stereocenters. The van der Waals surface area contributed by atoms with Crippen LogP contribution in [0.4, 0.5) is 0 Å². The predicted molar refractivity (Wildman–Crippen MR) is 43.2 cm³/mol. The normalized spacial score (nSPS) is 32.7. The van der Waals surface area contributed by atoms with E-state index >= 15 is 0 Å². The minimum atomic E-state index is -0.0214. The highest BCUT2D eigenvalue weighted by atomic mass is 16.5. The molecule has 64 valence electrons. The Morgan fingerprint density at radius 3 is 3.00 bits per heavy atom. The molecule has 0 amide bonds. The Kier molecular flexibility index (Phi) is 2.53. The van der Waals surface area contributed by atoms with Gasteiger partial charge in [0.05, 0.1) is 13.0 Å². The molecule has 1 heterocycles. The van der Waals surface area contributed by atoms with Crippen molar-refractivity contribution in [1.29, 1.82) is 0 Å². The number of carbonyl (C=O) groups is 1. The summed E-state index contributed by atoms with van der Waals surface area (Å²) < 4.78 is 4.96. The van der Waals surface area contributed by atoms with Crippen molar-refractivity contribution in [2.75, 3.05) is 6.61 Å². The third kappa shape index (κ3) is 2.21. The smallest absolute Gasteiger partial charge is 0.306 e. The molecule has 0 aromatic rings. The summed E-state index contributed by atoms with van der Waals surface area (Å²) in [5.41, 5.74) is 0.202. The Bertz CT molecular complexity index is 154. The first kappa shape index (κ1) is 8.57. The Morgan fingerprint density at radius 2 is 2.36 bits per heavy atom. The van der Waals surface area contributed by atoms with Crippen LogP contribution in [0.3, 0.4) is 0 Å². The van der Waals surface area contributed by atoms with Crippen LogP contribution in [0, 0.1) is 5.41 Å². The van der Waals surface area contributed by atoms with Gasteiger partial charge in [-0.1, -0.05) is 20.3 Å². The lowest BCUT2D eigenvalue weighted by atomic mass is 9.80. The van der Waals surface area contributed by atoms with Gasteiger partial charge in [0.1, 0.15) is 0 Å². The van der Waals surface area contributed by atoms with Crippen molar-refractivity contribution in [2.45, 2.75) is 39.5 Å². The summed E-state index contributed by atoms with van der Waals surface area (Å²) in [6, 6.07) is 0. The van der Waals surface area contributed by atoms with E-state index in [0.717, 1.165) is 19.3 Å². The number of hydrogen-bond acceptors (Lipinski definition) is 2. The maximum absolute atomic E-state index is 11.0. The fourth-order valence-corrected chi connectivity index (χ4v) is 1.47. The number of hydrogen-bond donors (Lipinski definition) is 0. The Morgan fingerprint density at radius 1 is 1.64 bits per heavy atom. The molecule has 0 spiro atoms. The molecule has 11 heavy (non-hydrogen) atoms. The van der Waals surface area contributed by atoms with Crippen LogP contribution >= 0.6 is 0 Å². The van der Waals surface area contributed by atoms with E-state index in [1.165, 1.54) is 0 Å². The Labute approximate surface area is 67.9 Å². The molecule has 0 N–H and O–H groups in total. The lowest BCUT2D eigenvalue weighted by molar-refractivity contribution is -0.144. The molecule has 0 radical (unpaired) electrons. The maximum atomic E-state index is 11.0. The molecule has 0 aliphatic carbocycles. The molecule has 1 aliphatic rings. The third-order valence-corrected chi connectivity index (χ3v) is 2.61. The highest BCUT2D eigenvalue weighted by molar-refractivity contribution is 5.70. The van der Waals surface area contributed by atoms with E-state index in [4.69, 9.17) is 4.74 Å². The summed E-state index contributed by atoms with van der Waals surface area (Å²) in [5.74, 6) is -0.0214. The fourth-order valence-electron chi connectivity index (χ4n) is 1.47. The lowest BCUT2D eigenvalue weighted by Crippen LogP contribution is -2.17. The van der Waals surface area contributed by atoms with Gasteiger partial charge in [0.25, 0.3) is 0 Å². The van der Waals surface area contributed by atoms with Crippen LogP contribution in [0.2, 0.25) is 0 Å². The monoisotopic (exact) mass is 156 g/mol. The molecule has 1 fully saturated rings. The maximum Gasteiger partial charge on any atom is 0.306 e. The van der Waals surface area contributed by atoms with Crippen LogP contribution < -0.4 is 0 Å². The molecular weight excluding hydrogens is 140 g/mol. The zero-order chi connectivity index (χ0) is 8.32. The molecule has 0 aromatic carbocycles. The minimum Gasteiger partial charge on any atom is -0.466 e. The van der Waals surface area contributed by atoms with Crippen molar-refractivity contribution in [3.8, 4) is 0 Å². The number of esters is 1. The summed E-state index contributed by atoms with van der Waals surface area (Å²) >= 11 is 0. The van der Waals surface area contributed by atoms with Crippen molar-refractivity contribution in [1.82, 2.24) is 0 Å². The van der Waals surface area contributed by atoms with Gasteiger partial charge >= 0.3 is 5.97 Å². The molecule has 0 saturated carbocycles. The predicted octanol–water partition coefficient (Wildman–Crippen LogP) is 2.13. The summed E-state index contributed by atoms with van der Waals surface area (Å²) in [6.45, 7) is 4.92. The van der Waals surface area contributed by atoms with Crippen LogP contribution in [0.15, 0.2) is 0 Å². The fraction of sp³-hybridized carbons (Fsp3) is 0.889. The molecule has 0 bridgehead atoms. The van der Waals surface area contributed by atoms with E-state index in [1.807, 2.05) is 0 Å². The van der Waals surface area contributed by atoms with E-state index in [0.29, 0.717) is 13.0 Å². The number of cyclic esters (lactones) is 1. The molecular formula is C9H16O2. The van der Waals surface area contributed by atoms with Gasteiger partial charge in [-0.2, -0.15) is 0 Å². The highest BCUT2D eigenvalue weighted by Crippen LogP contribution is 2.33. The average molecular weight is 156 g/mol. The molecule has 0 aromatic heterocycles. The van der Waals surface area contributed by atoms with Gasteiger partial charge in [0.15, 0.2) is 0 Å². The topological polar surface area (TPSA) is 26.3 Å². The van der Waals surface area contributed by atoms with Crippen LogP contribution in [-0.4, -0.2) is 12.6 Å². The number of carbonyl (C=O) groups excluding carboxylic acids is 1. The minimum absolute atomic E-state index is 0.0214. The Hall–Kier alpha value is -0.530. The second-order valence-electron chi connectivity index (χ2n) is 3.67. The van der Waals surface area contributed by atoms with Gasteiger partial charge < -0.3 is 4.74 Å². The summed E-state index contributed by atoms with van der Waals surface area (Å²) in [4.78, 5) is 11.0. The van der Waals surface area contributed by atoms with Gasteiger partial charge in [0, 0.05) is 0 Å². The SMILES string of the molecule is CC[C@@]1(C)CCCOC(=O)C1. The van der Waals surface area contributed by atoms with E-state index in [2.05, 4.69) is 13.8 Å². The molecule has 2 nitrogen and oxygen atoms in total. The second kappa shape index (κ2) is 3.24. The van der Waals surface area contributed by atoms with Crippen LogP contribution in [0.1, 0.15) is 39.5 Å². The number of ether oxygens (including phenoxy) is 1. The average Bonchev–Trinajstić information content (AvgIpc) is 2.13. The van der Waals surface area contributed by atoms with E-state index in [1.54, 1.807) is 0 Å². The zero-order valence-corrected chi connectivity index (χ0v) is 7.35. The van der Waals surface area contributed by atoms with Gasteiger partial charge in [-0.25, -0.2) is 0 Å². The van der Waals surface area contributed by atoms with Gasteiger partial charge in [-0.15, -0.1) is 0 Å². The van der Waals surface area contributed by atoms with Crippen LogP contribution in [0.5, 0.6) is 0 Å². The first-order valence-electron chi connectivity index (χ1n) is 4.32. The van der Waals surface area contributed by atoms with Crippen molar-refractivity contribution >= 4 is 5.97 Å². The van der Waals surface area contributed by atoms with Gasteiger partial charge in [-0.3, -0.25) is 4.79 Å². The van der Waals surface area contributed by atoms with Crippen molar-refractivity contribution in [3.05, 3.63) is 0 Å². The molecule has 1 saturated heterocycles. The van der Waals surface area contributed by atoms with Crippen molar-refractivity contribution in [3.63, 3.8) is 0 Å². The Balaban J connectivity index is 2.58. The first-order chi connectivity index (χ1) is 5.16. The van der Waals surface area contributed by atoms with Gasteiger partial charge in [-0.05, 0) is 18.3 Å². The van der Waals surface area contributed by atoms with Crippen molar-refractivity contribution < 1.29 is 9.53 Å². The summed E-state index contributed by atoms with van der Waals surface area (Å²) in [6.07, 6.45) is 3.82. The quantitative estimate of drug-likeness (QED) is 0.544. The largest absolute Gasteiger partial charge is 0.466 e.